The second-order valence-corrected chi connectivity index (χ2v) is 35.7. The molecule has 534 valence electrons. The van der Waals surface area contributed by atoms with Crippen LogP contribution in [0.2, 0.25) is 0 Å². The molecule has 18 heteroatoms. The number of hydrogen-bond acceptors (Lipinski definition) is 14. The number of anilines is 6. The minimum atomic E-state index is -0.378. The van der Waals surface area contributed by atoms with Crippen molar-refractivity contribution < 1.29 is 27.9 Å². The fraction of sp³-hybridized carbons (Fsp3) is 0.213. The van der Waals surface area contributed by atoms with Crippen LogP contribution in [0.25, 0.3) is 91.8 Å². The molecule has 6 aromatic heterocycles. The summed E-state index contributed by atoms with van der Waals surface area (Å²) in [7, 11) is -1.07. The lowest BCUT2D eigenvalue weighted by atomic mass is 9.78. The minimum absolute atomic E-state index is 0. The minimum Gasteiger partial charge on any atom is -0.399 e. The molecular formula is C89H82B3BrN4O6S4. The van der Waals surface area contributed by atoms with Crippen LogP contribution in [0, 0.1) is 0 Å². The summed E-state index contributed by atoms with van der Waals surface area (Å²) in [4.78, 5) is 13.1. The highest BCUT2D eigenvalue weighted by atomic mass is 79.9. The molecule has 107 heavy (non-hydrogen) atoms. The maximum absolute atomic E-state index is 6.39. The van der Waals surface area contributed by atoms with Crippen LogP contribution in [-0.4, -0.2) is 64.9 Å². The molecule has 3 aliphatic rings. The normalized spacial score (nSPS) is 16.7. The van der Waals surface area contributed by atoms with Crippen LogP contribution in [0.3, 0.4) is 0 Å². The Morgan fingerprint density at radius 3 is 1.01 bits per heavy atom. The molecule has 0 radical (unpaired) electrons. The number of para-hydroxylation sites is 2. The highest BCUT2D eigenvalue weighted by Crippen LogP contribution is 2.49. The summed E-state index contributed by atoms with van der Waals surface area (Å²) in [6, 6.07) is 82.4. The van der Waals surface area contributed by atoms with Gasteiger partial charge in [-0.1, -0.05) is 129 Å². The Morgan fingerprint density at radius 2 is 0.607 bits per heavy atom. The average molecular weight is 1540 g/mol. The van der Waals surface area contributed by atoms with E-state index < -0.39 is 0 Å². The summed E-state index contributed by atoms with van der Waals surface area (Å²) in [6.45, 7) is 25.1. The lowest BCUT2D eigenvalue weighted by Crippen LogP contribution is -2.41. The predicted molar refractivity (Wildman–Crippen MR) is 463 cm³/mol. The zero-order valence-electron chi connectivity index (χ0n) is 61.2. The number of pyridine rings is 2. The first-order chi connectivity index (χ1) is 50.9. The zero-order valence-corrected chi connectivity index (χ0v) is 66.1. The quantitative estimate of drug-likeness (QED) is 0.123. The van der Waals surface area contributed by atoms with Gasteiger partial charge in [-0.2, -0.15) is 0 Å². The molecule has 3 fully saturated rings. The number of hydrogen-bond donors (Lipinski definition) is 0. The molecule has 16 aromatic rings. The number of aromatic nitrogens is 2. The molecule has 19 rings (SSSR count). The summed E-state index contributed by atoms with van der Waals surface area (Å²) in [5, 5.41) is 10.1. The van der Waals surface area contributed by atoms with Gasteiger partial charge in [-0.05, 0) is 230 Å². The number of thiophene rings is 4. The maximum atomic E-state index is 6.39. The third kappa shape index (κ3) is 13.3. The molecule has 3 aliphatic heterocycles. The molecule has 0 atom stereocenters. The first-order valence-corrected chi connectivity index (χ1v) is 40.0. The Labute approximate surface area is 651 Å². The van der Waals surface area contributed by atoms with Crippen LogP contribution < -0.4 is 26.2 Å². The number of fused-ring (bicyclic) bond motifs is 12. The van der Waals surface area contributed by atoms with Crippen molar-refractivity contribution in [2.75, 3.05) is 9.80 Å². The van der Waals surface area contributed by atoms with Crippen molar-refractivity contribution in [1.82, 2.24) is 9.97 Å². The standard InChI is InChI=1S/C41H33BN2O2S2.C24H30B2O4S.C23H15BrN2S.CH4/c1-40(2)41(3,4)46-42(45-40)27-15-17-33-32-16-14-26(22-37(32)47-38(33)23-27)34-24-30(25-35-31-12-8-9-13-36(31)48-39(34)35)44(28-10-6-5-7-11-28)29-18-20-43-21-19-29;1-21(2)22(3,4)28-25(27-21)15-9-11-17-18-12-10-16(14-20(18)31-19(17)13-15)26-29-23(5,6)24(7,8)30-26;24-21-15-18(14-20-19-8-4-5-9-22(19)27-23(20)21)26(16-6-2-1-3-7-16)17-10-12-25-13-11-17;/h5-25H,1-4H3;9-14H,1-8H3;1-15H;1H4. The molecule has 9 heterocycles. The largest absolute Gasteiger partial charge is 0.494 e. The third-order valence-corrected chi connectivity index (χ3v) is 27.7. The molecule has 3 saturated heterocycles. The van der Waals surface area contributed by atoms with Crippen molar-refractivity contribution >= 4 is 214 Å². The fourth-order valence-corrected chi connectivity index (χ4v) is 19.6. The van der Waals surface area contributed by atoms with Crippen LogP contribution >= 0.6 is 61.3 Å². The van der Waals surface area contributed by atoms with E-state index in [2.05, 4.69) is 331 Å². The molecule has 0 spiro atoms. The summed E-state index contributed by atoms with van der Waals surface area (Å²) >= 11 is 11.1. The number of benzene rings is 10. The van der Waals surface area contributed by atoms with Crippen LogP contribution in [0.1, 0.15) is 90.5 Å². The highest BCUT2D eigenvalue weighted by Gasteiger charge is 2.54. The van der Waals surface area contributed by atoms with E-state index in [1.165, 1.54) is 91.8 Å². The van der Waals surface area contributed by atoms with E-state index in [1.807, 2.05) is 77.0 Å². The third-order valence-electron chi connectivity index (χ3n) is 22.2. The van der Waals surface area contributed by atoms with Crippen molar-refractivity contribution in [2.24, 2.45) is 0 Å². The molecule has 0 aliphatic carbocycles. The molecule has 10 nitrogen and oxygen atoms in total. The Morgan fingerprint density at radius 1 is 0.290 bits per heavy atom. The smallest absolute Gasteiger partial charge is 0.399 e. The van der Waals surface area contributed by atoms with Crippen LogP contribution in [0.4, 0.5) is 34.1 Å². The predicted octanol–water partition coefficient (Wildman–Crippen LogP) is 24.2. The molecule has 0 N–H and O–H groups in total. The molecule has 0 amide bonds. The Hall–Kier alpha value is -8.59. The SMILES string of the molecule is Brc1cc(N(c2ccccc2)c2ccncc2)cc2c1sc1ccccc12.C.CC1(C)OB(c2ccc3c(c2)sc2cc(-c4cc(N(c5ccccc5)c5ccncc5)cc5c4sc4ccccc45)ccc23)OC1(C)C.CC1(C)OB(c2ccc3c(c2)sc2cc(B4OC(C)(C)C(C)(C)O4)ccc23)OC1(C)C. The zero-order chi connectivity index (χ0) is 73.2. The lowest BCUT2D eigenvalue weighted by Gasteiger charge is -2.32. The van der Waals surface area contributed by atoms with Gasteiger partial charge < -0.3 is 37.7 Å². The van der Waals surface area contributed by atoms with E-state index >= 15 is 0 Å². The van der Waals surface area contributed by atoms with E-state index in [1.54, 1.807) is 11.3 Å². The number of halogens is 1. The average Bonchev–Trinajstić information content (AvgIpc) is 1.67. The van der Waals surface area contributed by atoms with Gasteiger partial charge in [0.15, 0.2) is 0 Å². The van der Waals surface area contributed by atoms with Gasteiger partial charge in [0, 0.05) is 150 Å². The molecular weight excluding hydrogens is 1460 g/mol. The Bertz CT molecular complexity index is 5810. The van der Waals surface area contributed by atoms with Crippen molar-refractivity contribution in [2.45, 2.75) is 124 Å². The topological polar surface area (TPSA) is 87.6 Å². The van der Waals surface area contributed by atoms with E-state index in [-0.39, 0.29) is 62.4 Å². The van der Waals surface area contributed by atoms with Crippen molar-refractivity contribution in [3.63, 3.8) is 0 Å². The van der Waals surface area contributed by atoms with Crippen molar-refractivity contribution in [3.05, 3.63) is 260 Å². The lowest BCUT2D eigenvalue weighted by molar-refractivity contribution is 0.00578. The van der Waals surface area contributed by atoms with Crippen molar-refractivity contribution in [1.29, 1.82) is 0 Å². The molecule has 10 aromatic carbocycles. The van der Waals surface area contributed by atoms with Gasteiger partial charge in [-0.3, -0.25) is 9.97 Å². The second kappa shape index (κ2) is 27.8. The van der Waals surface area contributed by atoms with E-state index in [9.17, 15) is 0 Å². The van der Waals surface area contributed by atoms with E-state index in [0.717, 1.165) is 55.0 Å². The van der Waals surface area contributed by atoms with E-state index in [4.69, 9.17) is 27.9 Å². The molecule has 0 bridgehead atoms. The fourth-order valence-electron chi connectivity index (χ4n) is 14.2. The van der Waals surface area contributed by atoms with Gasteiger partial charge in [-0.25, -0.2) is 0 Å². The summed E-state index contributed by atoms with van der Waals surface area (Å²) < 4.78 is 49.0. The van der Waals surface area contributed by atoms with Gasteiger partial charge in [0.05, 0.1) is 33.6 Å². The second-order valence-electron chi connectivity index (χ2n) is 30.6. The first-order valence-electron chi connectivity index (χ1n) is 35.9. The summed E-state index contributed by atoms with van der Waals surface area (Å²) in [6.07, 6.45) is 7.38. The van der Waals surface area contributed by atoms with Gasteiger partial charge in [0.1, 0.15) is 0 Å². The summed E-state index contributed by atoms with van der Waals surface area (Å²) in [5.41, 5.74) is 10.1. The number of rotatable bonds is 10. The Kier molecular flexibility index (Phi) is 18.9. The molecule has 0 saturated carbocycles. The monoisotopic (exact) mass is 1540 g/mol. The van der Waals surface area contributed by atoms with Gasteiger partial charge in [-0.15, -0.1) is 45.3 Å². The summed E-state index contributed by atoms with van der Waals surface area (Å²) in [5.74, 6) is 0. The first kappa shape index (κ1) is 72.6. The number of nitrogens with zero attached hydrogens (tertiary/aromatic N) is 4. The van der Waals surface area contributed by atoms with Crippen LogP contribution in [0.5, 0.6) is 0 Å². The maximum Gasteiger partial charge on any atom is 0.494 e. The van der Waals surface area contributed by atoms with Crippen LogP contribution in [0.15, 0.2) is 260 Å². The van der Waals surface area contributed by atoms with Gasteiger partial charge >= 0.3 is 21.4 Å². The Balaban J connectivity index is 0.000000129. The van der Waals surface area contributed by atoms with Gasteiger partial charge in [0.25, 0.3) is 0 Å². The van der Waals surface area contributed by atoms with Crippen molar-refractivity contribution in [3.8, 4) is 11.1 Å². The van der Waals surface area contributed by atoms with Crippen LogP contribution in [-0.2, 0) is 27.9 Å². The van der Waals surface area contributed by atoms with E-state index in [0.29, 0.717) is 0 Å². The molecule has 0 unspecified atom stereocenters. The van der Waals surface area contributed by atoms with Gasteiger partial charge in [0.2, 0.25) is 0 Å². The highest BCUT2D eigenvalue weighted by molar-refractivity contribution is 9.10.